The molecule has 7 heteroatoms. The fourth-order valence-corrected chi connectivity index (χ4v) is 3.57. The number of methoxy groups -OCH3 is 1. The smallest absolute Gasteiger partial charge is 0.262 e. The van der Waals surface area contributed by atoms with E-state index in [0.717, 1.165) is 5.56 Å². The number of nitrogens with one attached hydrogen (secondary N) is 1. The second-order valence-electron chi connectivity index (χ2n) is 6.04. The molecule has 0 aliphatic heterocycles. The number of ether oxygens (including phenoxy) is 2. The van der Waals surface area contributed by atoms with Gasteiger partial charge >= 0.3 is 0 Å². The fraction of sp³-hybridized carbons (Fsp3) is 0.263. The first-order chi connectivity index (χ1) is 12.4. The normalized spacial score (nSPS) is 15.5. The van der Waals surface area contributed by atoms with Crippen molar-refractivity contribution in [3.63, 3.8) is 0 Å². The Labute approximate surface area is 161 Å². The Morgan fingerprint density at radius 1 is 1.23 bits per heavy atom. The van der Waals surface area contributed by atoms with Crippen LogP contribution in [0.5, 0.6) is 11.5 Å². The highest BCUT2D eigenvalue weighted by atomic mass is 35.5. The molecule has 1 aliphatic carbocycles. The van der Waals surface area contributed by atoms with Crippen LogP contribution in [0, 0.1) is 0 Å². The number of halogens is 2. The number of benzene rings is 2. The van der Waals surface area contributed by atoms with Gasteiger partial charge in [0.25, 0.3) is 5.91 Å². The third-order valence-corrected chi connectivity index (χ3v) is 4.78. The van der Waals surface area contributed by atoms with Gasteiger partial charge in [0, 0.05) is 16.5 Å². The molecule has 0 spiro atoms. The summed E-state index contributed by atoms with van der Waals surface area (Å²) >= 11 is 12.2. The molecule has 1 unspecified atom stereocenters. The van der Waals surface area contributed by atoms with Crippen LogP contribution in [0.3, 0.4) is 0 Å². The molecule has 0 aromatic heterocycles. The van der Waals surface area contributed by atoms with Gasteiger partial charge in [-0.05, 0) is 41.8 Å². The van der Waals surface area contributed by atoms with Gasteiger partial charge < -0.3 is 14.8 Å². The van der Waals surface area contributed by atoms with Gasteiger partial charge in [0.2, 0.25) is 0 Å². The Morgan fingerprint density at radius 2 is 1.96 bits per heavy atom. The minimum absolute atomic E-state index is 0.0260. The largest absolute Gasteiger partial charge is 0.495 e. The van der Waals surface area contributed by atoms with E-state index < -0.39 is 5.91 Å². The monoisotopic (exact) mass is 393 g/mol. The summed E-state index contributed by atoms with van der Waals surface area (Å²) in [5, 5.41) is 3.70. The Kier molecular flexibility index (Phi) is 5.39. The van der Waals surface area contributed by atoms with E-state index in [1.54, 1.807) is 30.3 Å². The molecule has 0 heterocycles. The van der Waals surface area contributed by atoms with Crippen LogP contribution in [-0.4, -0.2) is 25.4 Å². The van der Waals surface area contributed by atoms with E-state index in [4.69, 9.17) is 32.7 Å². The predicted molar refractivity (Wildman–Crippen MR) is 101 cm³/mol. The molecular weight excluding hydrogens is 377 g/mol. The summed E-state index contributed by atoms with van der Waals surface area (Å²) in [6, 6.07) is 8.21. The van der Waals surface area contributed by atoms with Gasteiger partial charge in [0.1, 0.15) is 11.5 Å². The molecule has 1 atom stereocenters. The van der Waals surface area contributed by atoms with Crippen LogP contribution in [0.15, 0.2) is 30.3 Å². The number of ketones is 1. The van der Waals surface area contributed by atoms with Crippen LogP contribution >= 0.6 is 23.2 Å². The number of hydrogen-bond acceptors (Lipinski definition) is 4. The Hall–Kier alpha value is -2.24. The minimum Gasteiger partial charge on any atom is -0.495 e. The van der Waals surface area contributed by atoms with Gasteiger partial charge in [-0.15, -0.1) is 0 Å². The van der Waals surface area contributed by atoms with E-state index in [0.29, 0.717) is 39.2 Å². The molecular formula is C19H17Cl2NO4. The molecule has 2 aromatic carbocycles. The van der Waals surface area contributed by atoms with E-state index in [1.807, 2.05) is 6.92 Å². The van der Waals surface area contributed by atoms with Crippen LogP contribution in [0.4, 0.5) is 5.69 Å². The van der Waals surface area contributed by atoms with E-state index in [9.17, 15) is 9.59 Å². The number of carbonyl (C=O) groups excluding carboxylic acids is 2. The topological polar surface area (TPSA) is 64.6 Å². The quantitative estimate of drug-likeness (QED) is 0.798. The van der Waals surface area contributed by atoms with Crippen molar-refractivity contribution >= 4 is 40.6 Å². The van der Waals surface area contributed by atoms with E-state index in [2.05, 4.69) is 5.32 Å². The van der Waals surface area contributed by atoms with Crippen LogP contribution in [-0.2, 0) is 4.79 Å². The maximum Gasteiger partial charge on any atom is 0.262 e. The average Bonchev–Trinajstić information content (AvgIpc) is 2.90. The standard InChI is InChI=1S/C19H17Cl2NO4/c1-10-7-14(23)19-16(6-4-12(21)18(10)19)26-9-17(24)22-13-8-11(20)3-5-15(13)25-2/h3-6,8,10H,7,9H2,1-2H3,(H,22,24). The van der Waals surface area contributed by atoms with Gasteiger partial charge in [-0.3, -0.25) is 9.59 Å². The molecule has 1 N–H and O–H groups in total. The minimum atomic E-state index is -0.396. The fourth-order valence-electron chi connectivity index (χ4n) is 3.05. The summed E-state index contributed by atoms with van der Waals surface area (Å²) in [7, 11) is 1.50. The lowest BCUT2D eigenvalue weighted by Crippen LogP contribution is -2.21. The van der Waals surface area contributed by atoms with Crippen molar-refractivity contribution in [2.45, 2.75) is 19.3 Å². The van der Waals surface area contributed by atoms with Crippen molar-refractivity contribution < 1.29 is 19.1 Å². The summed E-state index contributed by atoms with van der Waals surface area (Å²) in [6.07, 6.45) is 0.390. The first-order valence-corrected chi connectivity index (χ1v) is 8.78. The van der Waals surface area contributed by atoms with Gasteiger partial charge in [-0.1, -0.05) is 30.1 Å². The van der Waals surface area contributed by atoms with Crippen LogP contribution in [0.1, 0.15) is 35.2 Å². The second-order valence-corrected chi connectivity index (χ2v) is 6.89. The molecule has 5 nitrogen and oxygen atoms in total. The Balaban J connectivity index is 1.74. The second kappa shape index (κ2) is 7.56. The van der Waals surface area contributed by atoms with Crippen LogP contribution < -0.4 is 14.8 Å². The van der Waals surface area contributed by atoms with Crippen LogP contribution in [0.2, 0.25) is 10.0 Å². The third-order valence-electron chi connectivity index (χ3n) is 4.21. The van der Waals surface area contributed by atoms with Crippen molar-refractivity contribution in [1.82, 2.24) is 0 Å². The van der Waals surface area contributed by atoms with E-state index >= 15 is 0 Å². The number of anilines is 1. The van der Waals surface area contributed by atoms with Crippen molar-refractivity contribution in [2.24, 2.45) is 0 Å². The van der Waals surface area contributed by atoms with Crippen molar-refractivity contribution in [2.75, 3.05) is 19.0 Å². The van der Waals surface area contributed by atoms with Crippen molar-refractivity contribution in [3.05, 3.63) is 51.5 Å². The van der Waals surface area contributed by atoms with E-state index in [1.165, 1.54) is 7.11 Å². The summed E-state index contributed by atoms with van der Waals surface area (Å²) in [5.74, 6) is 0.471. The first-order valence-electron chi connectivity index (χ1n) is 8.02. The molecule has 0 saturated carbocycles. The highest BCUT2D eigenvalue weighted by Crippen LogP contribution is 2.42. The predicted octanol–water partition coefficient (Wildman–Crippen LogP) is 4.71. The van der Waals surface area contributed by atoms with E-state index in [-0.39, 0.29) is 18.3 Å². The summed E-state index contributed by atoms with van der Waals surface area (Å²) in [4.78, 5) is 24.5. The molecule has 2 aromatic rings. The maximum atomic E-state index is 12.2. The molecule has 0 radical (unpaired) electrons. The molecule has 136 valence electrons. The lowest BCUT2D eigenvalue weighted by atomic mass is 10.0. The van der Waals surface area contributed by atoms with Gasteiger partial charge in [0.15, 0.2) is 12.4 Å². The molecule has 26 heavy (non-hydrogen) atoms. The Bertz CT molecular complexity index is 882. The molecule has 1 aliphatic rings. The first kappa shape index (κ1) is 18.5. The third kappa shape index (κ3) is 3.64. The molecule has 0 bridgehead atoms. The zero-order valence-corrected chi connectivity index (χ0v) is 15.8. The lowest BCUT2D eigenvalue weighted by molar-refractivity contribution is -0.118. The van der Waals surface area contributed by atoms with Gasteiger partial charge in [-0.25, -0.2) is 0 Å². The molecule has 0 saturated heterocycles. The number of Topliss-reactive ketones (excluding diaryl/α,β-unsaturated/α-hetero) is 1. The zero-order valence-electron chi connectivity index (χ0n) is 14.3. The lowest BCUT2D eigenvalue weighted by Gasteiger charge is -2.13. The number of carbonyl (C=O) groups is 2. The number of fused-ring (bicyclic) bond motifs is 1. The summed E-state index contributed by atoms with van der Waals surface area (Å²) in [6.45, 7) is 1.68. The number of rotatable bonds is 5. The number of amides is 1. The SMILES string of the molecule is COc1ccc(Cl)cc1NC(=O)COc1ccc(Cl)c2c1C(=O)CC2C. The summed E-state index contributed by atoms with van der Waals surface area (Å²) in [5.41, 5.74) is 1.70. The van der Waals surface area contributed by atoms with Gasteiger partial charge in [-0.2, -0.15) is 0 Å². The Morgan fingerprint density at radius 3 is 2.69 bits per heavy atom. The highest BCUT2D eigenvalue weighted by molar-refractivity contribution is 6.32. The van der Waals surface area contributed by atoms with Crippen LogP contribution in [0.25, 0.3) is 0 Å². The van der Waals surface area contributed by atoms with Crippen molar-refractivity contribution in [3.8, 4) is 11.5 Å². The maximum absolute atomic E-state index is 12.2. The molecule has 1 amide bonds. The average molecular weight is 394 g/mol. The van der Waals surface area contributed by atoms with Gasteiger partial charge in [0.05, 0.1) is 18.4 Å². The summed E-state index contributed by atoms with van der Waals surface area (Å²) < 4.78 is 10.8. The molecule has 3 rings (SSSR count). The highest BCUT2D eigenvalue weighted by Gasteiger charge is 2.32. The molecule has 0 fully saturated rings. The zero-order chi connectivity index (χ0) is 18.8. The number of hydrogen-bond donors (Lipinski definition) is 1. The van der Waals surface area contributed by atoms with Crippen molar-refractivity contribution in [1.29, 1.82) is 0 Å².